The number of hydrogen-bond acceptors (Lipinski definition) is 3. The number of sulfonamides is 1. The molecular formula is C14H14BrFN2O2S. The highest BCUT2D eigenvalue weighted by Gasteiger charge is 2.23. The SMILES string of the molecule is CN(CCc1ccccn1)S(=O)(=O)c1ccc(F)cc1Br. The molecular weight excluding hydrogens is 359 g/mol. The Kier molecular flexibility index (Phi) is 5.08. The maximum atomic E-state index is 13.1. The van der Waals surface area contributed by atoms with Crippen molar-refractivity contribution in [2.75, 3.05) is 13.6 Å². The number of rotatable bonds is 5. The Labute approximate surface area is 131 Å². The summed E-state index contributed by atoms with van der Waals surface area (Å²) in [5, 5.41) is 0. The molecule has 1 aromatic heterocycles. The van der Waals surface area contributed by atoms with E-state index in [0.717, 1.165) is 17.8 Å². The molecule has 0 amide bonds. The van der Waals surface area contributed by atoms with E-state index in [1.807, 2.05) is 12.1 Å². The highest BCUT2D eigenvalue weighted by atomic mass is 79.9. The van der Waals surface area contributed by atoms with Crippen LogP contribution in [0.25, 0.3) is 0 Å². The van der Waals surface area contributed by atoms with Crippen molar-refractivity contribution in [2.45, 2.75) is 11.3 Å². The summed E-state index contributed by atoms with van der Waals surface area (Å²) < 4.78 is 39.4. The third-order valence-electron chi connectivity index (χ3n) is 2.99. The van der Waals surface area contributed by atoms with Crippen LogP contribution in [0.2, 0.25) is 0 Å². The average molecular weight is 373 g/mol. The van der Waals surface area contributed by atoms with E-state index in [9.17, 15) is 12.8 Å². The van der Waals surface area contributed by atoms with Crippen LogP contribution in [0.5, 0.6) is 0 Å². The minimum atomic E-state index is -3.66. The molecule has 0 saturated heterocycles. The fourth-order valence-corrected chi connectivity index (χ4v) is 3.97. The summed E-state index contributed by atoms with van der Waals surface area (Å²) in [5.74, 6) is -0.489. The van der Waals surface area contributed by atoms with Gasteiger partial charge >= 0.3 is 0 Å². The molecule has 2 aromatic rings. The summed E-state index contributed by atoms with van der Waals surface area (Å²) in [5.41, 5.74) is 0.817. The van der Waals surface area contributed by atoms with Crippen molar-refractivity contribution in [3.05, 3.63) is 58.6 Å². The summed E-state index contributed by atoms with van der Waals surface area (Å²) in [7, 11) is -2.17. The molecule has 1 heterocycles. The van der Waals surface area contributed by atoms with Crippen LogP contribution >= 0.6 is 15.9 Å². The van der Waals surface area contributed by atoms with Gasteiger partial charge in [0, 0.05) is 36.4 Å². The lowest BCUT2D eigenvalue weighted by molar-refractivity contribution is 0.470. The van der Waals surface area contributed by atoms with Crippen LogP contribution in [0.4, 0.5) is 4.39 Å². The van der Waals surface area contributed by atoms with Crippen LogP contribution in [0.3, 0.4) is 0 Å². The van der Waals surface area contributed by atoms with Crippen molar-refractivity contribution in [1.82, 2.24) is 9.29 Å². The number of pyridine rings is 1. The van der Waals surface area contributed by atoms with Gasteiger partial charge < -0.3 is 0 Å². The number of halogens is 2. The fourth-order valence-electron chi connectivity index (χ4n) is 1.79. The second-order valence-electron chi connectivity index (χ2n) is 4.47. The topological polar surface area (TPSA) is 50.3 Å². The zero-order chi connectivity index (χ0) is 15.5. The third kappa shape index (κ3) is 3.87. The monoisotopic (exact) mass is 372 g/mol. The summed E-state index contributed by atoms with van der Waals surface area (Å²) in [4.78, 5) is 4.20. The quantitative estimate of drug-likeness (QED) is 0.810. The molecule has 0 aliphatic heterocycles. The Morgan fingerprint density at radius 1 is 1.29 bits per heavy atom. The Morgan fingerprint density at radius 3 is 2.67 bits per heavy atom. The molecule has 1 aromatic carbocycles. The summed E-state index contributed by atoms with van der Waals surface area (Å²) in [6.07, 6.45) is 2.18. The van der Waals surface area contributed by atoms with Crippen LogP contribution in [0, 0.1) is 5.82 Å². The van der Waals surface area contributed by atoms with E-state index in [1.165, 1.54) is 17.4 Å². The van der Waals surface area contributed by atoms with Gasteiger partial charge in [-0.25, -0.2) is 17.1 Å². The van der Waals surface area contributed by atoms with Gasteiger partial charge in [-0.2, -0.15) is 0 Å². The summed E-state index contributed by atoms with van der Waals surface area (Å²) >= 11 is 3.09. The molecule has 21 heavy (non-hydrogen) atoms. The van der Waals surface area contributed by atoms with Crippen molar-refractivity contribution < 1.29 is 12.8 Å². The van der Waals surface area contributed by atoms with Crippen molar-refractivity contribution in [3.63, 3.8) is 0 Å². The molecule has 0 atom stereocenters. The van der Waals surface area contributed by atoms with Crippen LogP contribution in [0.1, 0.15) is 5.69 Å². The van der Waals surface area contributed by atoms with E-state index in [-0.39, 0.29) is 9.37 Å². The summed E-state index contributed by atoms with van der Waals surface area (Å²) in [6.45, 7) is 0.295. The molecule has 0 aliphatic rings. The van der Waals surface area contributed by atoms with Crippen molar-refractivity contribution in [3.8, 4) is 0 Å². The number of nitrogens with zero attached hydrogens (tertiary/aromatic N) is 2. The molecule has 7 heteroatoms. The number of hydrogen-bond donors (Lipinski definition) is 0. The van der Waals surface area contributed by atoms with Gasteiger partial charge in [-0.1, -0.05) is 6.07 Å². The molecule has 4 nitrogen and oxygen atoms in total. The molecule has 0 N–H and O–H groups in total. The lowest BCUT2D eigenvalue weighted by Crippen LogP contribution is -2.29. The predicted octanol–water partition coefficient (Wildman–Crippen LogP) is 2.85. The van der Waals surface area contributed by atoms with Gasteiger partial charge in [-0.05, 0) is 46.3 Å². The van der Waals surface area contributed by atoms with Gasteiger partial charge in [0.1, 0.15) is 5.82 Å². The molecule has 0 radical (unpaired) electrons. The van der Waals surface area contributed by atoms with Crippen LogP contribution in [0.15, 0.2) is 52.0 Å². The maximum Gasteiger partial charge on any atom is 0.243 e. The smallest absolute Gasteiger partial charge is 0.243 e. The van der Waals surface area contributed by atoms with Gasteiger partial charge in [0.25, 0.3) is 0 Å². The van der Waals surface area contributed by atoms with Gasteiger partial charge in [0.05, 0.1) is 4.90 Å². The number of benzene rings is 1. The minimum Gasteiger partial charge on any atom is -0.261 e. The molecule has 0 fully saturated rings. The van der Waals surface area contributed by atoms with Crippen molar-refractivity contribution in [1.29, 1.82) is 0 Å². The normalized spacial score (nSPS) is 11.8. The zero-order valence-electron chi connectivity index (χ0n) is 11.3. The molecule has 0 aliphatic carbocycles. The van der Waals surface area contributed by atoms with E-state index in [0.29, 0.717) is 13.0 Å². The second-order valence-corrected chi connectivity index (χ2v) is 7.34. The summed E-state index contributed by atoms with van der Waals surface area (Å²) in [6, 6.07) is 9.02. The minimum absolute atomic E-state index is 0.0485. The van der Waals surface area contributed by atoms with E-state index in [1.54, 1.807) is 12.3 Å². The average Bonchev–Trinajstić information content (AvgIpc) is 2.45. The van der Waals surface area contributed by atoms with Gasteiger partial charge in [-0.3, -0.25) is 4.98 Å². The van der Waals surface area contributed by atoms with Gasteiger partial charge in [-0.15, -0.1) is 0 Å². The van der Waals surface area contributed by atoms with Crippen molar-refractivity contribution >= 4 is 26.0 Å². The largest absolute Gasteiger partial charge is 0.261 e. The fraction of sp³-hybridized carbons (Fsp3) is 0.214. The third-order valence-corrected chi connectivity index (χ3v) is 5.82. The Morgan fingerprint density at radius 2 is 2.05 bits per heavy atom. The number of aromatic nitrogens is 1. The van der Waals surface area contributed by atoms with Crippen LogP contribution in [-0.4, -0.2) is 31.3 Å². The predicted molar refractivity (Wildman–Crippen MR) is 81.9 cm³/mol. The molecule has 0 unspecified atom stereocenters. The molecule has 112 valence electrons. The molecule has 0 spiro atoms. The van der Waals surface area contributed by atoms with E-state index in [4.69, 9.17) is 0 Å². The highest BCUT2D eigenvalue weighted by Crippen LogP contribution is 2.25. The first-order valence-electron chi connectivity index (χ1n) is 6.22. The van der Waals surface area contributed by atoms with E-state index < -0.39 is 15.8 Å². The maximum absolute atomic E-state index is 13.1. The Balaban J connectivity index is 2.15. The van der Waals surface area contributed by atoms with Crippen molar-refractivity contribution in [2.24, 2.45) is 0 Å². The first-order chi connectivity index (χ1) is 9.91. The van der Waals surface area contributed by atoms with Gasteiger partial charge in [0.2, 0.25) is 10.0 Å². The standard InChI is InChI=1S/C14H14BrFN2O2S/c1-18(9-7-12-4-2-3-8-17-12)21(19,20)14-6-5-11(16)10-13(14)15/h2-6,8,10H,7,9H2,1H3. The Hall–Kier alpha value is -1.31. The zero-order valence-corrected chi connectivity index (χ0v) is 13.7. The lowest BCUT2D eigenvalue weighted by Gasteiger charge is -2.17. The highest BCUT2D eigenvalue weighted by molar-refractivity contribution is 9.10. The van der Waals surface area contributed by atoms with Gasteiger partial charge in [0.15, 0.2) is 0 Å². The second kappa shape index (κ2) is 6.64. The van der Waals surface area contributed by atoms with E-state index in [2.05, 4.69) is 20.9 Å². The first-order valence-corrected chi connectivity index (χ1v) is 8.46. The van der Waals surface area contributed by atoms with E-state index >= 15 is 0 Å². The lowest BCUT2D eigenvalue weighted by atomic mass is 10.3. The molecule has 0 saturated carbocycles. The van der Waals surface area contributed by atoms with Crippen LogP contribution < -0.4 is 0 Å². The molecule has 0 bridgehead atoms. The first kappa shape index (κ1) is 16.1. The Bertz CT molecular complexity index is 723. The molecule has 2 rings (SSSR count). The number of likely N-dealkylation sites (N-methyl/N-ethyl adjacent to an activating group) is 1. The van der Waals surface area contributed by atoms with Crippen LogP contribution in [-0.2, 0) is 16.4 Å².